The van der Waals surface area contributed by atoms with Gasteiger partial charge in [-0.3, -0.25) is 4.99 Å². The predicted molar refractivity (Wildman–Crippen MR) is 130 cm³/mol. The number of nitrogens with one attached hydrogen (secondary N) is 2. The highest BCUT2D eigenvalue weighted by atomic mass is 127. The molecule has 0 unspecified atom stereocenters. The molecule has 1 saturated carbocycles. The Morgan fingerprint density at radius 3 is 2.45 bits per heavy atom. The number of hydrogen-bond acceptors (Lipinski definition) is 3. The van der Waals surface area contributed by atoms with Crippen molar-refractivity contribution in [2.45, 2.75) is 24.8 Å². The Kier molecular flexibility index (Phi) is 8.10. The van der Waals surface area contributed by atoms with Gasteiger partial charge in [-0.15, -0.1) is 24.0 Å². The molecule has 0 radical (unpaired) electrons. The van der Waals surface area contributed by atoms with Gasteiger partial charge in [-0.25, -0.2) is 8.78 Å². The summed E-state index contributed by atoms with van der Waals surface area (Å²) in [6, 6.07) is 12.3. The molecule has 2 aliphatic rings. The summed E-state index contributed by atoms with van der Waals surface area (Å²) in [5.41, 5.74) is 2.04. The monoisotopic (exact) mass is 542 g/mol. The number of anilines is 1. The van der Waals surface area contributed by atoms with Gasteiger partial charge in [-0.05, 0) is 42.2 Å². The molecular formula is C23H29F2IN4O. The van der Waals surface area contributed by atoms with E-state index in [0.29, 0.717) is 51.0 Å². The zero-order valence-electron chi connectivity index (χ0n) is 17.7. The van der Waals surface area contributed by atoms with Crippen LogP contribution in [0.25, 0.3) is 0 Å². The summed E-state index contributed by atoms with van der Waals surface area (Å²) < 4.78 is 34.1. The van der Waals surface area contributed by atoms with Gasteiger partial charge in [0.15, 0.2) is 5.96 Å². The molecule has 8 heteroatoms. The number of halogens is 3. The predicted octanol–water partition coefficient (Wildman–Crippen LogP) is 3.82. The molecule has 2 N–H and O–H groups in total. The Morgan fingerprint density at radius 2 is 1.81 bits per heavy atom. The van der Waals surface area contributed by atoms with E-state index in [1.807, 2.05) is 29.2 Å². The number of hydrogen-bond donors (Lipinski definition) is 2. The van der Waals surface area contributed by atoms with Gasteiger partial charge in [0, 0.05) is 38.6 Å². The minimum Gasteiger partial charge on any atom is -0.378 e. The number of rotatable bonds is 6. The maximum absolute atomic E-state index is 14.6. The van der Waals surface area contributed by atoms with Gasteiger partial charge in [0.2, 0.25) is 0 Å². The fourth-order valence-electron chi connectivity index (χ4n) is 3.96. The minimum absolute atomic E-state index is 0. The van der Waals surface area contributed by atoms with Crippen LogP contribution in [0.15, 0.2) is 47.5 Å². The summed E-state index contributed by atoms with van der Waals surface area (Å²) in [6.07, 6.45) is 1.90. The van der Waals surface area contributed by atoms with E-state index in [9.17, 15) is 8.78 Å². The first-order valence-corrected chi connectivity index (χ1v) is 10.4. The number of ether oxygens (including phenoxy) is 1. The van der Waals surface area contributed by atoms with E-state index >= 15 is 0 Å². The van der Waals surface area contributed by atoms with Crippen LogP contribution in [0.1, 0.15) is 24.0 Å². The molecule has 0 amide bonds. The zero-order valence-corrected chi connectivity index (χ0v) is 20.0. The zero-order chi connectivity index (χ0) is 21.0. The molecule has 2 aromatic carbocycles. The van der Waals surface area contributed by atoms with Crippen molar-refractivity contribution < 1.29 is 13.5 Å². The molecule has 1 aliphatic carbocycles. The van der Waals surface area contributed by atoms with E-state index in [1.165, 1.54) is 6.07 Å². The Balaban J connectivity index is 0.00000272. The first kappa shape index (κ1) is 23.7. The highest BCUT2D eigenvalue weighted by Crippen LogP contribution is 2.48. The molecule has 2 aromatic rings. The Labute approximate surface area is 199 Å². The van der Waals surface area contributed by atoms with Crippen molar-refractivity contribution in [2.75, 3.05) is 44.8 Å². The molecule has 5 nitrogen and oxygen atoms in total. The van der Waals surface area contributed by atoms with E-state index in [1.54, 1.807) is 19.2 Å². The minimum atomic E-state index is -0.226. The van der Waals surface area contributed by atoms with Gasteiger partial charge in [0.25, 0.3) is 0 Å². The maximum atomic E-state index is 14.6. The van der Waals surface area contributed by atoms with E-state index < -0.39 is 0 Å². The normalized spacial score (nSPS) is 17.6. The van der Waals surface area contributed by atoms with Gasteiger partial charge in [0.05, 0.1) is 18.9 Å². The highest BCUT2D eigenvalue weighted by molar-refractivity contribution is 14.0. The van der Waals surface area contributed by atoms with Crippen molar-refractivity contribution in [3.63, 3.8) is 0 Å². The van der Waals surface area contributed by atoms with Crippen molar-refractivity contribution >= 4 is 35.6 Å². The lowest BCUT2D eigenvalue weighted by molar-refractivity contribution is 0.122. The largest absolute Gasteiger partial charge is 0.378 e. The van der Waals surface area contributed by atoms with Crippen molar-refractivity contribution in [3.8, 4) is 0 Å². The van der Waals surface area contributed by atoms with Crippen LogP contribution in [-0.2, 0) is 16.7 Å². The second kappa shape index (κ2) is 10.6. The van der Waals surface area contributed by atoms with E-state index in [0.717, 1.165) is 24.0 Å². The Morgan fingerprint density at radius 1 is 1.06 bits per heavy atom. The third kappa shape index (κ3) is 5.65. The molecule has 0 aromatic heterocycles. The van der Waals surface area contributed by atoms with Crippen molar-refractivity contribution in [1.29, 1.82) is 0 Å². The van der Waals surface area contributed by atoms with Gasteiger partial charge >= 0.3 is 0 Å². The van der Waals surface area contributed by atoms with Crippen molar-refractivity contribution in [3.05, 3.63) is 65.2 Å². The van der Waals surface area contributed by atoms with Gasteiger partial charge in [-0.1, -0.05) is 24.3 Å². The lowest BCUT2D eigenvalue weighted by Gasteiger charge is -2.29. The maximum Gasteiger partial charge on any atom is 0.191 e. The SMILES string of the molecule is CN=C(NCc1ccc(N2CCOCC2)c(F)c1)NCC1(c2ccccc2F)CC1.I. The van der Waals surface area contributed by atoms with Crippen LogP contribution in [0, 0.1) is 11.6 Å². The summed E-state index contributed by atoms with van der Waals surface area (Å²) in [6.45, 7) is 3.71. The lowest BCUT2D eigenvalue weighted by Crippen LogP contribution is -2.41. The number of benzene rings is 2. The summed E-state index contributed by atoms with van der Waals surface area (Å²) in [7, 11) is 1.69. The van der Waals surface area contributed by atoms with Crippen LogP contribution in [0.4, 0.5) is 14.5 Å². The quantitative estimate of drug-likeness (QED) is 0.331. The smallest absolute Gasteiger partial charge is 0.191 e. The molecule has 31 heavy (non-hydrogen) atoms. The van der Waals surface area contributed by atoms with Gasteiger partial charge < -0.3 is 20.3 Å². The van der Waals surface area contributed by atoms with E-state index in [4.69, 9.17) is 4.74 Å². The second-order valence-corrected chi connectivity index (χ2v) is 7.92. The third-order valence-corrected chi connectivity index (χ3v) is 5.94. The van der Waals surface area contributed by atoms with Gasteiger partial charge in [0.1, 0.15) is 11.6 Å². The molecule has 1 aliphatic heterocycles. The van der Waals surface area contributed by atoms with Crippen LogP contribution >= 0.6 is 24.0 Å². The molecule has 4 rings (SSSR count). The molecule has 0 spiro atoms. The second-order valence-electron chi connectivity index (χ2n) is 7.92. The average Bonchev–Trinajstić information content (AvgIpc) is 3.56. The van der Waals surface area contributed by atoms with Crippen LogP contribution in [0.3, 0.4) is 0 Å². The fourth-order valence-corrected chi connectivity index (χ4v) is 3.96. The van der Waals surface area contributed by atoms with Gasteiger partial charge in [-0.2, -0.15) is 0 Å². The number of morpholine rings is 1. The molecular weight excluding hydrogens is 513 g/mol. The molecule has 0 atom stereocenters. The lowest BCUT2D eigenvalue weighted by atomic mass is 9.95. The summed E-state index contributed by atoms with van der Waals surface area (Å²) in [4.78, 5) is 6.26. The Bertz CT molecular complexity index is 914. The van der Waals surface area contributed by atoms with Crippen molar-refractivity contribution in [1.82, 2.24) is 10.6 Å². The summed E-state index contributed by atoms with van der Waals surface area (Å²) >= 11 is 0. The molecule has 1 saturated heterocycles. The average molecular weight is 542 g/mol. The Hall–Kier alpha value is -1.94. The van der Waals surface area contributed by atoms with Crippen LogP contribution in [0.5, 0.6) is 0 Å². The number of aliphatic imine (C=N–C) groups is 1. The molecule has 168 valence electrons. The highest BCUT2D eigenvalue weighted by Gasteiger charge is 2.45. The number of nitrogens with zero attached hydrogens (tertiary/aromatic N) is 2. The molecule has 1 heterocycles. The van der Waals surface area contributed by atoms with Crippen LogP contribution < -0.4 is 15.5 Å². The van der Waals surface area contributed by atoms with Crippen molar-refractivity contribution in [2.24, 2.45) is 4.99 Å². The topological polar surface area (TPSA) is 48.9 Å². The summed E-state index contributed by atoms with van der Waals surface area (Å²) in [5, 5.41) is 6.53. The standard InChI is InChI=1S/C23H28F2N4O.HI/c1-26-22(28-16-23(8-9-23)18-4-2-3-5-19(18)24)27-15-17-6-7-21(20(25)14-17)29-10-12-30-13-11-29;/h2-7,14H,8-13,15-16H2,1H3,(H2,26,27,28);1H. The third-order valence-electron chi connectivity index (χ3n) is 5.94. The number of guanidine groups is 1. The first-order valence-electron chi connectivity index (χ1n) is 10.4. The molecule has 2 fully saturated rings. The summed E-state index contributed by atoms with van der Waals surface area (Å²) in [5.74, 6) is 0.237. The van der Waals surface area contributed by atoms with Crippen LogP contribution in [0.2, 0.25) is 0 Å². The fraction of sp³-hybridized carbons (Fsp3) is 0.435. The van der Waals surface area contributed by atoms with Crippen LogP contribution in [-0.4, -0.2) is 45.9 Å². The molecule has 0 bridgehead atoms. The van der Waals surface area contributed by atoms with E-state index in [2.05, 4.69) is 15.6 Å². The first-order chi connectivity index (χ1) is 14.6. The van der Waals surface area contributed by atoms with E-state index in [-0.39, 0.29) is 41.0 Å².